The lowest BCUT2D eigenvalue weighted by atomic mass is 10.0. The van der Waals surface area contributed by atoms with Crippen LogP contribution in [0.5, 0.6) is 5.75 Å². The molecule has 1 aliphatic heterocycles. The number of halogens is 3. The number of likely N-dealkylation sites (N-methyl/N-ethyl adjacent to an activating group) is 1. The van der Waals surface area contributed by atoms with Crippen LogP contribution >= 0.6 is 0 Å². The van der Waals surface area contributed by atoms with E-state index in [-0.39, 0.29) is 17.0 Å². The largest absolute Gasteiger partial charge is 0.496 e. The highest BCUT2D eigenvalue weighted by Crippen LogP contribution is 2.39. The number of ether oxygens (including phenoxy) is 1. The zero-order valence-corrected chi connectivity index (χ0v) is 17.8. The number of hydrogen-bond donors (Lipinski definition) is 0. The molecule has 0 radical (unpaired) electrons. The van der Waals surface area contributed by atoms with Gasteiger partial charge in [-0.2, -0.15) is 13.2 Å². The average Bonchev–Trinajstić information content (AvgIpc) is 3.08. The third-order valence-corrected chi connectivity index (χ3v) is 5.37. The van der Waals surface area contributed by atoms with Gasteiger partial charge in [0.2, 0.25) is 0 Å². The maximum absolute atomic E-state index is 13.6. The van der Waals surface area contributed by atoms with Crippen molar-refractivity contribution < 1.29 is 27.5 Å². The number of para-hydroxylation sites is 2. The molecule has 3 aromatic rings. The minimum Gasteiger partial charge on any atom is -0.496 e. The van der Waals surface area contributed by atoms with E-state index in [1.165, 1.54) is 7.11 Å². The van der Waals surface area contributed by atoms with Crippen LogP contribution in [-0.4, -0.2) is 26.0 Å². The lowest BCUT2D eigenvalue weighted by Gasteiger charge is -2.22. The van der Waals surface area contributed by atoms with Crippen LogP contribution in [-0.2, 0) is 15.8 Å². The Kier molecular flexibility index (Phi) is 5.68. The third-order valence-electron chi connectivity index (χ3n) is 5.37. The number of benzene rings is 3. The number of amides is 2. The monoisotopic (exact) mass is 452 g/mol. The predicted molar refractivity (Wildman–Crippen MR) is 119 cm³/mol. The van der Waals surface area contributed by atoms with Gasteiger partial charge in [-0.15, -0.1) is 0 Å². The molecule has 0 unspecified atom stereocenters. The van der Waals surface area contributed by atoms with Crippen molar-refractivity contribution in [2.75, 3.05) is 24.0 Å². The molecule has 3 aromatic carbocycles. The van der Waals surface area contributed by atoms with E-state index in [9.17, 15) is 22.8 Å². The second-order valence-electron chi connectivity index (χ2n) is 7.31. The maximum atomic E-state index is 13.6. The van der Waals surface area contributed by atoms with Gasteiger partial charge in [0.1, 0.15) is 11.4 Å². The lowest BCUT2D eigenvalue weighted by Crippen LogP contribution is -2.34. The lowest BCUT2D eigenvalue weighted by molar-refractivity contribution is -0.137. The smallest absolute Gasteiger partial charge is 0.416 e. The van der Waals surface area contributed by atoms with Gasteiger partial charge in [0, 0.05) is 18.3 Å². The molecular weight excluding hydrogens is 433 g/mol. The normalized spacial score (nSPS) is 14.2. The number of nitrogens with zero attached hydrogens (tertiary/aromatic N) is 2. The van der Waals surface area contributed by atoms with Crippen molar-refractivity contribution >= 4 is 28.8 Å². The fraction of sp³-hybridized carbons (Fsp3) is 0.120. The molecule has 0 atom stereocenters. The summed E-state index contributed by atoms with van der Waals surface area (Å²) in [4.78, 5) is 29.6. The standard InChI is InChI=1S/C25H19F3N2O3/c1-29(17-8-4-3-5-9-17)22-21(19-10-6-7-11-20(19)33-2)23(31)30(24(22)32)18-14-12-16(13-15-18)25(26,27)28/h3-15H,1-2H3. The molecule has 8 heteroatoms. The molecule has 0 aromatic heterocycles. The number of carbonyl (C=O) groups excluding carboxylic acids is 2. The third kappa shape index (κ3) is 3.95. The van der Waals surface area contributed by atoms with Crippen molar-refractivity contribution in [3.05, 3.63) is 95.7 Å². The number of anilines is 2. The summed E-state index contributed by atoms with van der Waals surface area (Å²) >= 11 is 0. The van der Waals surface area contributed by atoms with E-state index in [4.69, 9.17) is 4.74 Å². The van der Waals surface area contributed by atoms with Crippen LogP contribution in [0.25, 0.3) is 5.57 Å². The molecule has 0 saturated heterocycles. The van der Waals surface area contributed by atoms with Gasteiger partial charge in [-0.1, -0.05) is 36.4 Å². The summed E-state index contributed by atoms with van der Waals surface area (Å²) < 4.78 is 44.4. The Labute approximate surface area is 188 Å². The van der Waals surface area contributed by atoms with Crippen molar-refractivity contribution in [3.63, 3.8) is 0 Å². The van der Waals surface area contributed by atoms with Gasteiger partial charge in [0.25, 0.3) is 11.8 Å². The topological polar surface area (TPSA) is 49.9 Å². The van der Waals surface area contributed by atoms with Crippen LogP contribution in [0.1, 0.15) is 11.1 Å². The first-order chi connectivity index (χ1) is 15.7. The van der Waals surface area contributed by atoms with Crippen LogP contribution < -0.4 is 14.5 Å². The first kappa shape index (κ1) is 22.1. The number of imide groups is 1. The minimum atomic E-state index is -4.53. The van der Waals surface area contributed by atoms with E-state index >= 15 is 0 Å². The van der Waals surface area contributed by atoms with Crippen molar-refractivity contribution in [2.24, 2.45) is 0 Å². The molecule has 5 nitrogen and oxygen atoms in total. The molecule has 1 heterocycles. The average molecular weight is 452 g/mol. The zero-order chi connectivity index (χ0) is 23.8. The predicted octanol–water partition coefficient (Wildman–Crippen LogP) is 5.13. The van der Waals surface area contributed by atoms with Crippen molar-refractivity contribution in [2.45, 2.75) is 6.18 Å². The Hall–Kier alpha value is -4.07. The van der Waals surface area contributed by atoms with E-state index in [0.29, 0.717) is 17.0 Å². The number of methoxy groups -OCH3 is 1. The summed E-state index contributed by atoms with van der Waals surface area (Å²) in [6, 6.07) is 19.7. The molecule has 2 amide bonds. The molecule has 1 aliphatic rings. The highest BCUT2D eigenvalue weighted by Gasteiger charge is 2.43. The summed E-state index contributed by atoms with van der Waals surface area (Å²) in [5, 5.41) is 0. The molecular formula is C25H19F3N2O3. The SMILES string of the molecule is COc1ccccc1C1=C(N(C)c2ccccc2)C(=O)N(c2ccc(C(F)(F)F)cc2)C1=O. The number of hydrogen-bond acceptors (Lipinski definition) is 4. The van der Waals surface area contributed by atoms with Crippen molar-refractivity contribution in [1.29, 1.82) is 0 Å². The van der Waals surface area contributed by atoms with Crippen LogP contribution in [0, 0.1) is 0 Å². The molecule has 4 rings (SSSR count). The zero-order valence-electron chi connectivity index (χ0n) is 17.8. The van der Waals surface area contributed by atoms with Crippen LogP contribution in [0.15, 0.2) is 84.6 Å². The summed E-state index contributed by atoms with van der Waals surface area (Å²) in [6.45, 7) is 0. The fourth-order valence-electron chi connectivity index (χ4n) is 3.74. The molecule has 0 N–H and O–H groups in total. The molecule has 0 fully saturated rings. The Balaban J connectivity index is 1.86. The highest BCUT2D eigenvalue weighted by atomic mass is 19.4. The van der Waals surface area contributed by atoms with Gasteiger partial charge in [-0.25, -0.2) is 4.90 Å². The molecule has 0 aliphatic carbocycles. The number of alkyl halides is 3. The Bertz CT molecular complexity index is 1240. The summed E-state index contributed by atoms with van der Waals surface area (Å²) in [7, 11) is 3.11. The molecule has 168 valence electrons. The second-order valence-corrected chi connectivity index (χ2v) is 7.31. The first-order valence-corrected chi connectivity index (χ1v) is 9.96. The van der Waals surface area contributed by atoms with E-state index < -0.39 is 23.6 Å². The van der Waals surface area contributed by atoms with Gasteiger partial charge >= 0.3 is 6.18 Å². The summed E-state index contributed by atoms with van der Waals surface area (Å²) in [6.07, 6.45) is -4.53. The number of carbonyl (C=O) groups is 2. The van der Waals surface area contributed by atoms with Gasteiger partial charge in [0.15, 0.2) is 0 Å². The van der Waals surface area contributed by atoms with Crippen LogP contribution in [0.2, 0.25) is 0 Å². The van der Waals surface area contributed by atoms with Crippen LogP contribution in [0.4, 0.5) is 24.5 Å². The van der Waals surface area contributed by atoms with E-state index in [1.54, 1.807) is 60.5 Å². The Morgan fingerprint density at radius 2 is 1.42 bits per heavy atom. The summed E-state index contributed by atoms with van der Waals surface area (Å²) in [5.74, 6) is -0.907. The van der Waals surface area contributed by atoms with Gasteiger partial charge in [-0.05, 0) is 42.5 Å². The maximum Gasteiger partial charge on any atom is 0.416 e. The number of rotatable bonds is 5. The van der Waals surface area contributed by atoms with Crippen molar-refractivity contribution in [3.8, 4) is 5.75 Å². The van der Waals surface area contributed by atoms with E-state index in [1.807, 2.05) is 6.07 Å². The molecule has 0 saturated carbocycles. The molecule has 0 spiro atoms. The van der Waals surface area contributed by atoms with Crippen molar-refractivity contribution in [1.82, 2.24) is 0 Å². The highest BCUT2D eigenvalue weighted by molar-refractivity contribution is 6.46. The Morgan fingerprint density at radius 1 is 0.818 bits per heavy atom. The first-order valence-electron chi connectivity index (χ1n) is 9.96. The quantitative estimate of drug-likeness (QED) is 0.504. The minimum absolute atomic E-state index is 0.0434. The van der Waals surface area contributed by atoms with Gasteiger partial charge in [-0.3, -0.25) is 9.59 Å². The summed E-state index contributed by atoms with van der Waals surface area (Å²) in [5.41, 5.74) is 0.437. The van der Waals surface area contributed by atoms with Crippen LogP contribution in [0.3, 0.4) is 0 Å². The van der Waals surface area contributed by atoms with Gasteiger partial charge < -0.3 is 9.64 Å². The van der Waals surface area contributed by atoms with E-state index in [2.05, 4.69) is 0 Å². The van der Waals surface area contributed by atoms with E-state index in [0.717, 1.165) is 29.2 Å². The second kappa shape index (κ2) is 8.46. The fourth-order valence-corrected chi connectivity index (χ4v) is 3.74. The molecule has 33 heavy (non-hydrogen) atoms. The molecule has 0 bridgehead atoms. The Morgan fingerprint density at radius 3 is 2.03 bits per heavy atom. The van der Waals surface area contributed by atoms with Gasteiger partial charge in [0.05, 0.1) is 23.9 Å².